The first-order valence-corrected chi connectivity index (χ1v) is 6.98. The number of nitrogens with zero attached hydrogens (tertiary/aromatic N) is 2. The minimum atomic E-state index is -0.0468. The van der Waals surface area contributed by atoms with Crippen LogP contribution in [0.25, 0.3) is 0 Å². The van der Waals surface area contributed by atoms with Gasteiger partial charge in [-0.2, -0.15) is 0 Å². The Morgan fingerprint density at radius 3 is 2.11 bits per heavy atom. The Kier molecular flexibility index (Phi) is 3.23. The molecule has 0 radical (unpaired) electrons. The van der Waals surface area contributed by atoms with Crippen LogP contribution in [0.5, 0.6) is 0 Å². The molecule has 0 aliphatic heterocycles. The highest BCUT2D eigenvalue weighted by Crippen LogP contribution is 2.46. The molecular formula is C15H26N4. The lowest BCUT2D eigenvalue weighted by atomic mass is 9.95. The molecular weight excluding hydrogens is 236 g/mol. The van der Waals surface area contributed by atoms with E-state index in [-0.39, 0.29) is 5.41 Å². The fourth-order valence-corrected chi connectivity index (χ4v) is 2.11. The zero-order chi connectivity index (χ0) is 14.4. The van der Waals surface area contributed by atoms with Gasteiger partial charge in [-0.05, 0) is 18.8 Å². The van der Waals surface area contributed by atoms with Crippen LogP contribution >= 0.6 is 0 Å². The molecule has 1 unspecified atom stereocenters. The van der Waals surface area contributed by atoms with Crippen molar-refractivity contribution in [2.75, 3.05) is 17.7 Å². The van der Waals surface area contributed by atoms with E-state index in [2.05, 4.69) is 57.2 Å². The van der Waals surface area contributed by atoms with Gasteiger partial charge in [0.05, 0.1) is 0 Å². The van der Waals surface area contributed by atoms with Crippen LogP contribution in [0.1, 0.15) is 52.4 Å². The van der Waals surface area contributed by atoms with Gasteiger partial charge in [-0.3, -0.25) is 0 Å². The Bertz CT molecular complexity index is 486. The molecule has 1 saturated carbocycles. The monoisotopic (exact) mass is 262 g/mol. The van der Waals surface area contributed by atoms with Crippen molar-refractivity contribution in [2.45, 2.75) is 59.4 Å². The van der Waals surface area contributed by atoms with Gasteiger partial charge < -0.3 is 10.6 Å². The minimum absolute atomic E-state index is 0.0468. The van der Waals surface area contributed by atoms with Gasteiger partial charge in [0, 0.05) is 24.1 Å². The van der Waals surface area contributed by atoms with E-state index in [1.54, 1.807) is 0 Å². The molecule has 106 valence electrons. The maximum absolute atomic E-state index is 4.74. The molecule has 1 aliphatic rings. The average Bonchev–Trinajstić information content (AvgIpc) is 2.87. The average molecular weight is 262 g/mol. The molecule has 4 nitrogen and oxygen atoms in total. The SMILES string of the molecule is CNc1nc(C(C)(C)C)nc(NC2CC2(C)C)c1C. The maximum Gasteiger partial charge on any atom is 0.138 e. The standard InChI is InChI=1S/C15H26N4/c1-9-11(16-7)18-13(14(2,3)4)19-12(9)17-10-8-15(10,5)6/h10H,8H2,1-7H3,(H2,16,17,18,19). The van der Waals surface area contributed by atoms with Crippen molar-refractivity contribution in [3.8, 4) is 0 Å². The zero-order valence-corrected chi connectivity index (χ0v) is 13.2. The summed E-state index contributed by atoms with van der Waals surface area (Å²) < 4.78 is 0. The van der Waals surface area contributed by atoms with Gasteiger partial charge in [0.15, 0.2) is 0 Å². The van der Waals surface area contributed by atoms with E-state index in [1.807, 2.05) is 7.05 Å². The number of aromatic nitrogens is 2. The Hall–Kier alpha value is -1.32. The summed E-state index contributed by atoms with van der Waals surface area (Å²) in [6.45, 7) is 13.1. The molecule has 2 rings (SSSR count). The number of hydrogen-bond acceptors (Lipinski definition) is 4. The third-order valence-corrected chi connectivity index (χ3v) is 3.88. The van der Waals surface area contributed by atoms with Crippen LogP contribution < -0.4 is 10.6 Å². The molecule has 1 heterocycles. The van der Waals surface area contributed by atoms with E-state index >= 15 is 0 Å². The summed E-state index contributed by atoms with van der Waals surface area (Å²) in [5, 5.41) is 6.74. The first-order valence-electron chi connectivity index (χ1n) is 6.98. The summed E-state index contributed by atoms with van der Waals surface area (Å²) in [6.07, 6.45) is 1.20. The highest BCUT2D eigenvalue weighted by Gasteiger charge is 2.46. The third-order valence-electron chi connectivity index (χ3n) is 3.88. The summed E-state index contributed by atoms with van der Waals surface area (Å²) in [5.74, 6) is 2.77. The molecule has 1 aliphatic carbocycles. The van der Waals surface area contributed by atoms with E-state index in [9.17, 15) is 0 Å². The second-order valence-electron chi connectivity index (χ2n) is 7.26. The predicted molar refractivity (Wildman–Crippen MR) is 80.8 cm³/mol. The van der Waals surface area contributed by atoms with Gasteiger partial charge in [-0.25, -0.2) is 9.97 Å². The first-order chi connectivity index (χ1) is 8.65. The highest BCUT2D eigenvalue weighted by molar-refractivity contribution is 5.58. The fourth-order valence-electron chi connectivity index (χ4n) is 2.11. The van der Waals surface area contributed by atoms with Gasteiger partial charge in [-0.15, -0.1) is 0 Å². The second kappa shape index (κ2) is 4.36. The predicted octanol–water partition coefficient (Wildman–Crippen LogP) is 3.33. The molecule has 4 heteroatoms. The number of nitrogens with one attached hydrogen (secondary N) is 2. The Balaban J connectivity index is 2.36. The van der Waals surface area contributed by atoms with Crippen LogP contribution in [0.3, 0.4) is 0 Å². The van der Waals surface area contributed by atoms with Gasteiger partial charge in [0.1, 0.15) is 17.5 Å². The Labute approximate surface area is 116 Å². The number of hydrogen-bond donors (Lipinski definition) is 2. The largest absolute Gasteiger partial charge is 0.373 e. The highest BCUT2D eigenvalue weighted by atomic mass is 15.1. The summed E-state index contributed by atoms with van der Waals surface area (Å²) >= 11 is 0. The summed E-state index contributed by atoms with van der Waals surface area (Å²) in [4.78, 5) is 9.36. The van der Waals surface area contributed by atoms with E-state index in [0.29, 0.717) is 11.5 Å². The van der Waals surface area contributed by atoms with E-state index in [1.165, 1.54) is 6.42 Å². The van der Waals surface area contributed by atoms with E-state index in [4.69, 9.17) is 4.98 Å². The molecule has 1 atom stereocenters. The summed E-state index contributed by atoms with van der Waals surface area (Å²) in [7, 11) is 1.91. The second-order valence-corrected chi connectivity index (χ2v) is 7.26. The van der Waals surface area contributed by atoms with Crippen molar-refractivity contribution >= 4 is 11.6 Å². The van der Waals surface area contributed by atoms with Crippen LogP contribution in [0, 0.1) is 12.3 Å². The Morgan fingerprint density at radius 2 is 1.68 bits per heavy atom. The zero-order valence-electron chi connectivity index (χ0n) is 13.2. The summed E-state index contributed by atoms with van der Waals surface area (Å²) in [6, 6.07) is 0.527. The molecule has 0 saturated heterocycles. The molecule has 2 N–H and O–H groups in total. The van der Waals surface area contributed by atoms with Gasteiger partial charge in [0.2, 0.25) is 0 Å². The van der Waals surface area contributed by atoms with Gasteiger partial charge in [0.25, 0.3) is 0 Å². The van der Waals surface area contributed by atoms with Crippen molar-refractivity contribution < 1.29 is 0 Å². The summed E-state index contributed by atoms with van der Waals surface area (Å²) in [5.41, 5.74) is 1.44. The van der Waals surface area contributed by atoms with Gasteiger partial charge in [-0.1, -0.05) is 34.6 Å². The first kappa shape index (κ1) is 14.1. The normalized spacial score (nSPS) is 21.1. The van der Waals surface area contributed by atoms with Crippen LogP contribution in [0.4, 0.5) is 11.6 Å². The quantitative estimate of drug-likeness (QED) is 0.877. The molecule has 1 aromatic rings. The third kappa shape index (κ3) is 2.82. The maximum atomic E-state index is 4.74. The lowest BCUT2D eigenvalue weighted by molar-refractivity contribution is 0.545. The number of rotatable bonds is 3. The van der Waals surface area contributed by atoms with E-state index < -0.39 is 0 Å². The molecule has 0 aromatic carbocycles. The molecule has 1 aromatic heterocycles. The smallest absolute Gasteiger partial charge is 0.138 e. The van der Waals surface area contributed by atoms with Gasteiger partial charge >= 0.3 is 0 Å². The lowest BCUT2D eigenvalue weighted by Crippen LogP contribution is -2.20. The minimum Gasteiger partial charge on any atom is -0.373 e. The van der Waals surface area contributed by atoms with Crippen LogP contribution in [-0.4, -0.2) is 23.1 Å². The van der Waals surface area contributed by atoms with Crippen molar-refractivity contribution in [1.82, 2.24) is 9.97 Å². The van der Waals surface area contributed by atoms with Crippen LogP contribution in [0.15, 0.2) is 0 Å². The van der Waals surface area contributed by atoms with Crippen LogP contribution in [0.2, 0.25) is 0 Å². The lowest BCUT2D eigenvalue weighted by Gasteiger charge is -2.21. The molecule has 0 amide bonds. The Morgan fingerprint density at radius 1 is 1.16 bits per heavy atom. The van der Waals surface area contributed by atoms with Crippen molar-refractivity contribution in [2.24, 2.45) is 5.41 Å². The van der Waals surface area contributed by atoms with Crippen LogP contribution in [-0.2, 0) is 5.41 Å². The van der Waals surface area contributed by atoms with Crippen molar-refractivity contribution in [3.63, 3.8) is 0 Å². The number of anilines is 2. The van der Waals surface area contributed by atoms with Crippen molar-refractivity contribution in [3.05, 3.63) is 11.4 Å². The topological polar surface area (TPSA) is 49.8 Å². The van der Waals surface area contributed by atoms with E-state index in [0.717, 1.165) is 23.0 Å². The fraction of sp³-hybridized carbons (Fsp3) is 0.733. The molecule has 0 spiro atoms. The molecule has 0 bridgehead atoms. The van der Waals surface area contributed by atoms with Crippen molar-refractivity contribution in [1.29, 1.82) is 0 Å². The molecule has 1 fully saturated rings. The molecule has 19 heavy (non-hydrogen) atoms.